The number of aryl methyl sites for hydroxylation is 2. The van der Waals surface area contributed by atoms with Crippen molar-refractivity contribution in [3.8, 4) is 0 Å². The molecule has 0 aliphatic rings. The van der Waals surface area contributed by atoms with Crippen molar-refractivity contribution in [3.63, 3.8) is 0 Å². The van der Waals surface area contributed by atoms with Crippen molar-refractivity contribution in [2.75, 3.05) is 0 Å². The number of hydrogen-bond donors (Lipinski definition) is 0. The normalized spacial score (nSPS) is 10.7. The lowest BCUT2D eigenvalue weighted by molar-refractivity contribution is 1.00. The Balaban J connectivity index is 1.95. The van der Waals surface area contributed by atoms with E-state index in [0.717, 1.165) is 25.7 Å². The molecule has 0 bridgehead atoms. The summed E-state index contributed by atoms with van der Waals surface area (Å²) < 4.78 is 0. The first-order valence-electron chi connectivity index (χ1n) is 7.89. The van der Waals surface area contributed by atoms with E-state index in [2.05, 4.69) is 73.8 Å². The fourth-order valence-electron chi connectivity index (χ4n) is 2.32. The Morgan fingerprint density at radius 3 is 1.27 bits per heavy atom. The summed E-state index contributed by atoms with van der Waals surface area (Å²) in [7, 11) is 0. The van der Waals surface area contributed by atoms with Gasteiger partial charge >= 0.3 is 0 Å². The van der Waals surface area contributed by atoms with Gasteiger partial charge in [-0.3, -0.25) is 0 Å². The van der Waals surface area contributed by atoms with E-state index in [1.54, 1.807) is 0 Å². The Kier molecular flexibility index (Phi) is 6.44. The van der Waals surface area contributed by atoms with E-state index >= 15 is 0 Å². The Hall–Kier alpha value is -2.34. The number of allylic oxidation sites excluding steroid dienone is 2. The third kappa shape index (κ3) is 5.21. The molecule has 0 unspecified atom stereocenters. The Bertz CT molecular complexity index is 555. The molecule has 0 fully saturated rings. The van der Waals surface area contributed by atoms with Crippen molar-refractivity contribution in [3.05, 3.63) is 96.1 Å². The molecule has 0 amide bonds. The summed E-state index contributed by atoms with van der Waals surface area (Å²) in [6.07, 6.45) is 12.5. The zero-order valence-corrected chi connectivity index (χ0v) is 13.2. The van der Waals surface area contributed by atoms with Gasteiger partial charge in [0.25, 0.3) is 0 Å². The van der Waals surface area contributed by atoms with Crippen LogP contribution in [0.25, 0.3) is 12.2 Å². The molecule has 0 N–H and O–H groups in total. The summed E-state index contributed by atoms with van der Waals surface area (Å²) in [5.74, 6) is 0. The minimum Gasteiger partial charge on any atom is -0.103 e. The summed E-state index contributed by atoms with van der Waals surface area (Å²) in [4.78, 5) is 0. The lowest BCUT2D eigenvalue weighted by atomic mass is 10.0. The van der Waals surface area contributed by atoms with Gasteiger partial charge in [0.05, 0.1) is 0 Å². The van der Waals surface area contributed by atoms with Gasteiger partial charge in [-0.2, -0.15) is 0 Å². The number of rotatable bonds is 8. The van der Waals surface area contributed by atoms with Crippen LogP contribution in [-0.2, 0) is 12.8 Å². The van der Waals surface area contributed by atoms with Crippen molar-refractivity contribution in [2.45, 2.75) is 25.7 Å². The van der Waals surface area contributed by atoms with Gasteiger partial charge in [-0.1, -0.05) is 72.8 Å². The summed E-state index contributed by atoms with van der Waals surface area (Å²) >= 11 is 0. The molecular weight excluding hydrogens is 264 g/mol. The largest absolute Gasteiger partial charge is 0.103 e. The molecule has 0 nitrogen and oxygen atoms in total. The molecule has 0 heteroatoms. The topological polar surface area (TPSA) is 0 Å². The van der Waals surface area contributed by atoms with Crippen LogP contribution < -0.4 is 0 Å². The van der Waals surface area contributed by atoms with E-state index in [9.17, 15) is 0 Å². The highest BCUT2D eigenvalue weighted by Crippen LogP contribution is 2.13. The summed E-state index contributed by atoms with van der Waals surface area (Å²) in [5.41, 5.74) is 5.20. The summed E-state index contributed by atoms with van der Waals surface area (Å²) in [6, 6.07) is 17.5. The predicted octanol–water partition coefficient (Wildman–Crippen LogP) is 6.09. The maximum absolute atomic E-state index is 3.76. The molecule has 0 heterocycles. The zero-order chi connectivity index (χ0) is 15.6. The average molecular weight is 288 g/mol. The van der Waals surface area contributed by atoms with Gasteiger partial charge in [0, 0.05) is 0 Å². The van der Waals surface area contributed by atoms with Crippen LogP contribution in [0.2, 0.25) is 0 Å². The second-order valence-electron chi connectivity index (χ2n) is 5.47. The van der Waals surface area contributed by atoms with Crippen LogP contribution in [0.15, 0.2) is 73.8 Å². The van der Waals surface area contributed by atoms with Crippen LogP contribution in [0, 0.1) is 0 Å². The minimum atomic E-state index is 1.04. The molecule has 0 aliphatic carbocycles. The maximum Gasteiger partial charge on any atom is -0.0244 e. The van der Waals surface area contributed by atoms with E-state index < -0.39 is 0 Å². The lowest BCUT2D eigenvalue weighted by Gasteiger charge is -2.01. The quantitative estimate of drug-likeness (QED) is 0.407. The SMILES string of the molecule is C=CCCc1ccc(C=Cc2ccc(CCC=C)cc2)cc1. The van der Waals surface area contributed by atoms with Crippen molar-refractivity contribution in [1.29, 1.82) is 0 Å². The van der Waals surface area contributed by atoms with E-state index in [1.165, 1.54) is 22.3 Å². The third-order valence-electron chi connectivity index (χ3n) is 3.70. The number of hydrogen-bond acceptors (Lipinski definition) is 0. The maximum atomic E-state index is 3.76. The second-order valence-corrected chi connectivity index (χ2v) is 5.47. The molecule has 112 valence electrons. The van der Waals surface area contributed by atoms with Crippen LogP contribution in [0.4, 0.5) is 0 Å². The van der Waals surface area contributed by atoms with Crippen LogP contribution in [0.5, 0.6) is 0 Å². The highest BCUT2D eigenvalue weighted by atomic mass is 14.0. The van der Waals surface area contributed by atoms with Gasteiger partial charge in [0.15, 0.2) is 0 Å². The number of benzene rings is 2. The molecule has 0 atom stereocenters. The smallest absolute Gasteiger partial charge is 0.0244 e. The Morgan fingerprint density at radius 2 is 0.955 bits per heavy atom. The Morgan fingerprint density at radius 1 is 0.591 bits per heavy atom. The van der Waals surface area contributed by atoms with Crippen LogP contribution in [0.3, 0.4) is 0 Å². The van der Waals surface area contributed by atoms with E-state index in [0.29, 0.717) is 0 Å². The van der Waals surface area contributed by atoms with Gasteiger partial charge in [-0.05, 0) is 47.9 Å². The zero-order valence-electron chi connectivity index (χ0n) is 13.2. The van der Waals surface area contributed by atoms with E-state index in [-0.39, 0.29) is 0 Å². The highest BCUT2D eigenvalue weighted by molar-refractivity contribution is 5.69. The monoisotopic (exact) mass is 288 g/mol. The lowest BCUT2D eigenvalue weighted by Crippen LogP contribution is -1.84. The van der Waals surface area contributed by atoms with Gasteiger partial charge in [0.1, 0.15) is 0 Å². The minimum absolute atomic E-state index is 1.04. The predicted molar refractivity (Wildman–Crippen MR) is 98.8 cm³/mol. The molecule has 0 saturated heterocycles. The van der Waals surface area contributed by atoms with Crippen molar-refractivity contribution < 1.29 is 0 Å². The fourth-order valence-corrected chi connectivity index (χ4v) is 2.32. The first kappa shape index (κ1) is 16.0. The van der Waals surface area contributed by atoms with Gasteiger partial charge in [-0.15, -0.1) is 13.2 Å². The molecule has 0 spiro atoms. The van der Waals surface area contributed by atoms with Crippen molar-refractivity contribution in [2.24, 2.45) is 0 Å². The molecule has 0 saturated carbocycles. The van der Waals surface area contributed by atoms with Crippen LogP contribution >= 0.6 is 0 Å². The van der Waals surface area contributed by atoms with Gasteiger partial charge in [-0.25, -0.2) is 0 Å². The standard InChI is InChI=1S/C22H24/c1-3-5-7-19-9-13-21(14-10-19)17-18-22-15-11-20(12-16-22)8-6-4-2/h3-4,9-18H,1-2,5-8H2. The Labute approximate surface area is 134 Å². The summed E-state index contributed by atoms with van der Waals surface area (Å²) in [6.45, 7) is 7.53. The molecular formula is C22H24. The van der Waals surface area contributed by atoms with Crippen molar-refractivity contribution in [1.82, 2.24) is 0 Å². The molecule has 22 heavy (non-hydrogen) atoms. The van der Waals surface area contributed by atoms with Gasteiger partial charge in [0.2, 0.25) is 0 Å². The molecule has 2 aromatic rings. The summed E-state index contributed by atoms with van der Waals surface area (Å²) in [5, 5.41) is 0. The first-order chi connectivity index (χ1) is 10.8. The highest BCUT2D eigenvalue weighted by Gasteiger charge is 1.93. The molecule has 0 aromatic heterocycles. The van der Waals surface area contributed by atoms with Crippen LogP contribution in [-0.4, -0.2) is 0 Å². The van der Waals surface area contributed by atoms with E-state index in [1.807, 2.05) is 12.2 Å². The van der Waals surface area contributed by atoms with Crippen LogP contribution in [0.1, 0.15) is 35.1 Å². The average Bonchev–Trinajstić information content (AvgIpc) is 2.58. The third-order valence-corrected chi connectivity index (χ3v) is 3.70. The first-order valence-corrected chi connectivity index (χ1v) is 7.89. The molecule has 0 aliphatic heterocycles. The second kappa shape index (κ2) is 8.84. The van der Waals surface area contributed by atoms with Crippen molar-refractivity contribution >= 4 is 12.2 Å². The van der Waals surface area contributed by atoms with Gasteiger partial charge < -0.3 is 0 Å². The fraction of sp³-hybridized carbons (Fsp3) is 0.182. The molecule has 0 radical (unpaired) electrons. The molecule has 2 aromatic carbocycles. The van der Waals surface area contributed by atoms with E-state index in [4.69, 9.17) is 0 Å². The molecule has 2 rings (SSSR count).